The first-order chi connectivity index (χ1) is 48.4. The van der Waals surface area contributed by atoms with Crippen LogP contribution in [0.15, 0.2) is 193 Å². The largest absolute Gasteiger partial charge is 0.497 e. The predicted molar refractivity (Wildman–Crippen MR) is 410 cm³/mol. The number of benzene rings is 4. The van der Waals surface area contributed by atoms with Gasteiger partial charge >= 0.3 is 0 Å². The van der Waals surface area contributed by atoms with E-state index in [1.165, 1.54) is 5.56 Å². The summed E-state index contributed by atoms with van der Waals surface area (Å²) in [5.41, 5.74) is 14.3. The molecule has 19 heteroatoms. The highest BCUT2D eigenvalue weighted by atomic mass is 79.9. The molecule has 0 aliphatic heterocycles. The monoisotopic (exact) mass is 1430 g/mol. The van der Waals surface area contributed by atoms with Gasteiger partial charge in [0.2, 0.25) is 0 Å². The number of ketones is 5. The predicted octanol–water partition coefficient (Wildman–Crippen LogP) is 13.3. The quantitative estimate of drug-likeness (QED) is 0.0274. The summed E-state index contributed by atoms with van der Waals surface area (Å²) in [6.07, 6.45) is 12.7. The van der Waals surface area contributed by atoms with Crippen LogP contribution in [0.2, 0.25) is 0 Å². The number of carbonyl (C=O) groups is 5. The average molecular weight is 1430 g/mol. The van der Waals surface area contributed by atoms with Crippen LogP contribution in [0.4, 0.5) is 0 Å². The van der Waals surface area contributed by atoms with Gasteiger partial charge in [0, 0.05) is 53.2 Å². The SMILES string of the molecule is CN[C@@H](Cc1ccc(-c2ccc(OC)cc2)nc1)C(C)=O.CN[C@@H](Cc1ccc(-c2cccc(OC(C)C)c2)nc1)C(C)=O.CN[C@@H](Cc1ccc(-c2ccccc2C)nc1)C(C)=O.CN[C@@H](Cc1ccc(-c2ccccc2OC(C)C)nc1)C(C)=O.CN[C@@H](Cc1ccc(Br)nc1)C(C)=O. The van der Waals surface area contributed by atoms with Crippen molar-refractivity contribution in [3.05, 3.63) is 227 Å². The second kappa shape index (κ2) is 43.4. The lowest BCUT2D eigenvalue weighted by atomic mass is 10.0. The fraction of sp³-hybridized carbons (Fsp3) is 0.341. The number of ether oxygens (including phenoxy) is 3. The van der Waals surface area contributed by atoms with Gasteiger partial charge in [-0.25, -0.2) is 4.98 Å². The zero-order valence-corrected chi connectivity index (χ0v) is 62.9. The Labute approximate surface area is 606 Å². The van der Waals surface area contributed by atoms with E-state index in [0.717, 1.165) is 94.7 Å². The highest BCUT2D eigenvalue weighted by molar-refractivity contribution is 9.10. The normalized spacial score (nSPS) is 12.2. The number of hydrogen-bond acceptors (Lipinski definition) is 18. The number of aromatic nitrogens is 5. The van der Waals surface area contributed by atoms with E-state index in [2.05, 4.69) is 86.5 Å². The van der Waals surface area contributed by atoms with Crippen molar-refractivity contribution in [2.75, 3.05) is 42.3 Å². The van der Waals surface area contributed by atoms with Crippen molar-refractivity contribution in [3.8, 4) is 62.3 Å². The molecule has 18 nitrogen and oxygen atoms in total. The van der Waals surface area contributed by atoms with Crippen molar-refractivity contribution < 1.29 is 38.2 Å². The van der Waals surface area contributed by atoms with Crippen LogP contribution < -0.4 is 40.8 Å². The number of rotatable bonds is 29. The number of methoxy groups -OCH3 is 1. The van der Waals surface area contributed by atoms with E-state index in [9.17, 15) is 24.0 Å². The lowest BCUT2D eigenvalue weighted by Crippen LogP contribution is -2.34. The molecule has 5 aromatic heterocycles. The first kappa shape index (κ1) is 82.3. The number of hydrogen-bond donors (Lipinski definition) is 5. The second-order valence-corrected chi connectivity index (χ2v) is 25.7. The van der Waals surface area contributed by atoms with E-state index >= 15 is 0 Å². The van der Waals surface area contributed by atoms with Crippen LogP contribution in [0.3, 0.4) is 0 Å². The second-order valence-electron chi connectivity index (χ2n) is 24.9. The number of aryl methyl sites for hydroxylation is 1. The summed E-state index contributed by atoms with van der Waals surface area (Å²) >= 11 is 3.26. The Bertz CT molecular complexity index is 3990. The maximum absolute atomic E-state index is 11.5. The number of pyridine rings is 5. The standard InChI is InChI=1S/2C19H24N2O2.C17H20N2O2.C17H20N2O.C10H13BrN2O/c1-13(2)23-17-7-5-6-16(11-17)18-9-8-15(12-21-18)10-19(20-4)14(3)22;1-13(2)23-19-8-6-5-7-16(19)17-10-9-15(12-21-17)11-18(20-4)14(3)22;1-12(20)17(18-2)10-13-4-9-16(19-11-13)14-5-7-15(21-3)8-6-14;1-12-6-4-5-7-15(12)16-9-8-14(11-19-16)10-17(18-3)13(2)20;1-7(14)9(12-2)5-8-3-4-10(11)13-6-8/h5-9,11-13,19-20H,10H2,1-4H3;5-10,12-13,18,20H,11H2,1-4H3;4-9,11,17-18H,10H2,1-3H3;4-9,11,17-18H,10H2,1-3H3;3-4,6,9,12H,5H2,1-2H3/t19-;18-;2*17-;9-/m00000/s1. The summed E-state index contributed by atoms with van der Waals surface area (Å²) in [5.74, 6) is 3.20. The number of nitrogens with zero attached hydrogens (tertiary/aromatic N) is 5. The number of carbonyl (C=O) groups excluding carboxylic acids is 5. The molecule has 0 aliphatic carbocycles. The number of para-hydroxylation sites is 1. The van der Waals surface area contributed by atoms with Crippen LogP contribution in [-0.4, -0.2) is 139 Å². The zero-order chi connectivity index (χ0) is 74.0. The molecular formula is C82H101BrN10O8. The van der Waals surface area contributed by atoms with Gasteiger partial charge in [0.05, 0.1) is 72.3 Å². The van der Waals surface area contributed by atoms with Crippen molar-refractivity contribution in [3.63, 3.8) is 0 Å². The molecule has 5 N–H and O–H groups in total. The van der Waals surface area contributed by atoms with Crippen LogP contribution in [0, 0.1) is 6.92 Å². The molecule has 101 heavy (non-hydrogen) atoms. The molecule has 0 saturated heterocycles. The summed E-state index contributed by atoms with van der Waals surface area (Å²) < 4.78 is 17.5. The Morgan fingerprint density at radius 1 is 0.376 bits per heavy atom. The fourth-order valence-corrected chi connectivity index (χ4v) is 10.7. The number of likely N-dealkylation sites (N-methyl/N-ethyl adjacent to an activating group) is 5. The number of nitrogens with one attached hydrogen (secondary N) is 5. The van der Waals surface area contributed by atoms with Crippen LogP contribution in [0.5, 0.6) is 17.2 Å². The van der Waals surface area contributed by atoms with Gasteiger partial charge in [-0.1, -0.05) is 78.9 Å². The Morgan fingerprint density at radius 2 is 0.733 bits per heavy atom. The van der Waals surface area contributed by atoms with Crippen molar-refractivity contribution in [1.82, 2.24) is 51.5 Å². The molecule has 5 atom stereocenters. The first-order valence-corrected chi connectivity index (χ1v) is 34.7. The van der Waals surface area contributed by atoms with Crippen LogP contribution in [0.1, 0.15) is 95.7 Å². The molecular weight excluding hydrogens is 1330 g/mol. The van der Waals surface area contributed by atoms with E-state index in [1.54, 1.807) is 83.2 Å². The Kier molecular flexibility index (Phi) is 35.3. The molecule has 5 heterocycles. The zero-order valence-electron chi connectivity index (χ0n) is 61.4. The molecule has 0 amide bonds. The molecule has 534 valence electrons. The van der Waals surface area contributed by atoms with Gasteiger partial charge in [-0.2, -0.15) is 0 Å². The van der Waals surface area contributed by atoms with Gasteiger partial charge in [0.1, 0.15) is 50.8 Å². The van der Waals surface area contributed by atoms with Gasteiger partial charge in [-0.15, -0.1) is 0 Å². The average Bonchev–Trinajstić information content (AvgIpc) is 0.851. The molecule has 4 aromatic carbocycles. The molecule has 0 bridgehead atoms. The van der Waals surface area contributed by atoms with E-state index in [-0.39, 0.29) is 71.3 Å². The van der Waals surface area contributed by atoms with Crippen molar-refractivity contribution in [2.45, 2.75) is 144 Å². The summed E-state index contributed by atoms with van der Waals surface area (Å²) in [7, 11) is 10.6. The third-order valence-electron chi connectivity index (χ3n) is 16.3. The van der Waals surface area contributed by atoms with E-state index in [0.29, 0.717) is 32.1 Å². The Balaban J connectivity index is 0.000000229. The van der Waals surface area contributed by atoms with Gasteiger partial charge in [0.25, 0.3) is 0 Å². The Morgan fingerprint density at radius 3 is 1.08 bits per heavy atom. The molecule has 0 unspecified atom stereocenters. The van der Waals surface area contributed by atoms with E-state index in [1.807, 2.05) is 198 Å². The molecule has 9 rings (SSSR count). The summed E-state index contributed by atoms with van der Waals surface area (Å²) in [5, 5.41) is 15.1. The minimum atomic E-state index is -0.167. The lowest BCUT2D eigenvalue weighted by molar-refractivity contribution is -0.119. The topological polar surface area (TPSA) is 238 Å². The molecule has 0 aliphatic rings. The van der Waals surface area contributed by atoms with Crippen molar-refractivity contribution in [2.24, 2.45) is 0 Å². The van der Waals surface area contributed by atoms with Crippen molar-refractivity contribution >= 4 is 44.8 Å². The summed E-state index contributed by atoms with van der Waals surface area (Å²) in [4.78, 5) is 79.2. The molecule has 0 fully saturated rings. The van der Waals surface area contributed by atoms with Gasteiger partial charge in [0.15, 0.2) is 0 Å². The Hall–Kier alpha value is -9.34. The van der Waals surface area contributed by atoms with Gasteiger partial charge in [-0.05, 0) is 265 Å². The van der Waals surface area contributed by atoms with Crippen LogP contribution >= 0.6 is 15.9 Å². The van der Waals surface area contributed by atoms with Crippen LogP contribution in [-0.2, 0) is 56.1 Å². The molecule has 0 spiro atoms. The number of Topliss-reactive ketones (excluding diaryl/α,β-unsaturated/α-hetero) is 5. The molecule has 0 saturated carbocycles. The highest BCUT2D eigenvalue weighted by Gasteiger charge is 2.18. The third kappa shape index (κ3) is 28.3. The van der Waals surface area contributed by atoms with Crippen molar-refractivity contribution in [1.29, 1.82) is 0 Å². The van der Waals surface area contributed by atoms with E-state index < -0.39 is 0 Å². The van der Waals surface area contributed by atoms with Gasteiger partial charge in [-0.3, -0.25) is 43.9 Å². The fourth-order valence-electron chi connectivity index (χ4n) is 10.5. The highest BCUT2D eigenvalue weighted by Crippen LogP contribution is 2.30. The summed E-state index contributed by atoms with van der Waals surface area (Å²) in [6, 6.07) is 51.0. The van der Waals surface area contributed by atoms with Gasteiger partial charge < -0.3 is 40.8 Å². The minimum absolute atomic E-state index is 0.113. The number of halogens is 1. The first-order valence-electron chi connectivity index (χ1n) is 33.9. The maximum Gasteiger partial charge on any atom is 0.147 e. The summed E-state index contributed by atoms with van der Waals surface area (Å²) in [6.45, 7) is 18.1. The minimum Gasteiger partial charge on any atom is -0.497 e. The third-order valence-corrected chi connectivity index (χ3v) is 16.8. The smallest absolute Gasteiger partial charge is 0.147 e. The molecule has 0 radical (unpaired) electrons. The molecule has 9 aromatic rings. The van der Waals surface area contributed by atoms with Crippen LogP contribution in [0.25, 0.3) is 45.0 Å². The van der Waals surface area contributed by atoms with E-state index in [4.69, 9.17) is 14.2 Å². The lowest BCUT2D eigenvalue weighted by Gasteiger charge is -2.15. The maximum atomic E-state index is 11.5.